The number of hydrogen-bond donors (Lipinski definition) is 1. The van der Waals surface area contributed by atoms with Gasteiger partial charge in [0.1, 0.15) is 0 Å². The highest BCUT2D eigenvalue weighted by atomic mass is 16.5. The molecule has 2 aromatic rings. The van der Waals surface area contributed by atoms with E-state index in [1.54, 1.807) is 12.1 Å². The van der Waals surface area contributed by atoms with E-state index in [4.69, 9.17) is 9.63 Å². The Morgan fingerprint density at radius 2 is 2.25 bits per heavy atom. The highest BCUT2D eigenvalue weighted by molar-refractivity contribution is 5.93. The van der Waals surface area contributed by atoms with Gasteiger partial charge in [0, 0.05) is 5.39 Å². The zero-order chi connectivity index (χ0) is 11.7. The van der Waals surface area contributed by atoms with Crippen molar-refractivity contribution in [2.24, 2.45) is 5.92 Å². The van der Waals surface area contributed by atoms with Crippen molar-refractivity contribution in [1.29, 1.82) is 0 Å². The van der Waals surface area contributed by atoms with Gasteiger partial charge in [0.25, 0.3) is 0 Å². The second-order valence-corrected chi connectivity index (χ2v) is 4.24. The Morgan fingerprint density at radius 3 is 2.88 bits per heavy atom. The first-order valence-electron chi connectivity index (χ1n) is 5.19. The molecule has 2 rings (SSSR count). The molecule has 84 valence electrons. The second-order valence-electron chi connectivity index (χ2n) is 4.24. The Bertz CT molecular complexity index is 528. The summed E-state index contributed by atoms with van der Waals surface area (Å²) in [5.41, 5.74) is 1.73. The number of carbonyl (C=O) groups is 1. The van der Waals surface area contributed by atoms with E-state index in [0.29, 0.717) is 11.5 Å². The van der Waals surface area contributed by atoms with E-state index in [-0.39, 0.29) is 5.56 Å². The zero-order valence-corrected chi connectivity index (χ0v) is 9.23. The van der Waals surface area contributed by atoms with Gasteiger partial charge in [0.2, 0.25) is 0 Å². The molecular formula is C12H13NO3. The second kappa shape index (κ2) is 3.96. The normalized spacial score (nSPS) is 11.2. The van der Waals surface area contributed by atoms with Gasteiger partial charge >= 0.3 is 5.97 Å². The van der Waals surface area contributed by atoms with Crippen molar-refractivity contribution in [3.8, 4) is 0 Å². The molecule has 1 N–H and O–H groups in total. The summed E-state index contributed by atoms with van der Waals surface area (Å²) in [6.07, 6.45) is 0.788. The Balaban J connectivity index is 2.51. The molecule has 0 aliphatic rings. The topological polar surface area (TPSA) is 63.3 Å². The minimum atomic E-state index is -0.932. The highest BCUT2D eigenvalue weighted by Crippen LogP contribution is 2.22. The van der Waals surface area contributed by atoms with E-state index in [1.807, 2.05) is 0 Å². The van der Waals surface area contributed by atoms with E-state index < -0.39 is 5.97 Å². The van der Waals surface area contributed by atoms with Gasteiger partial charge in [-0.15, -0.1) is 0 Å². The Hall–Kier alpha value is -1.84. The fraction of sp³-hybridized carbons (Fsp3) is 0.333. The third-order valence-corrected chi connectivity index (χ3v) is 2.39. The number of carboxylic acid groups (broad SMARTS) is 1. The molecule has 0 amide bonds. The van der Waals surface area contributed by atoms with E-state index in [1.165, 1.54) is 6.07 Å². The van der Waals surface area contributed by atoms with Crippen LogP contribution in [0.1, 0.15) is 29.9 Å². The molecule has 0 spiro atoms. The maximum absolute atomic E-state index is 10.8. The molecule has 0 aliphatic heterocycles. The molecule has 1 aromatic heterocycles. The first kappa shape index (κ1) is 10.7. The maximum atomic E-state index is 10.8. The minimum absolute atomic E-state index is 0.265. The summed E-state index contributed by atoms with van der Waals surface area (Å²) < 4.78 is 5.14. The summed E-state index contributed by atoms with van der Waals surface area (Å²) in [5, 5.41) is 13.7. The third-order valence-electron chi connectivity index (χ3n) is 2.39. The molecule has 0 fully saturated rings. The molecule has 0 bridgehead atoms. The van der Waals surface area contributed by atoms with Gasteiger partial charge in [0.15, 0.2) is 5.58 Å². The van der Waals surface area contributed by atoms with E-state index in [9.17, 15) is 4.79 Å². The van der Waals surface area contributed by atoms with Crippen molar-refractivity contribution in [1.82, 2.24) is 5.16 Å². The van der Waals surface area contributed by atoms with Crippen molar-refractivity contribution < 1.29 is 14.4 Å². The molecule has 1 aromatic carbocycles. The largest absolute Gasteiger partial charge is 0.478 e. The van der Waals surface area contributed by atoms with Crippen LogP contribution in [-0.2, 0) is 6.42 Å². The molecule has 1 heterocycles. The number of nitrogens with zero attached hydrogens (tertiary/aromatic N) is 1. The van der Waals surface area contributed by atoms with Gasteiger partial charge in [0.05, 0.1) is 11.3 Å². The number of aromatic carboxylic acids is 1. The molecule has 0 atom stereocenters. The Kier molecular flexibility index (Phi) is 2.64. The summed E-state index contributed by atoms with van der Waals surface area (Å²) in [4.78, 5) is 10.8. The fourth-order valence-corrected chi connectivity index (χ4v) is 1.66. The van der Waals surface area contributed by atoms with Crippen LogP contribution in [0.15, 0.2) is 22.7 Å². The smallest absolute Gasteiger partial charge is 0.335 e. The lowest BCUT2D eigenvalue weighted by molar-refractivity contribution is 0.0697. The maximum Gasteiger partial charge on any atom is 0.335 e. The summed E-state index contributed by atoms with van der Waals surface area (Å²) in [6.45, 7) is 4.17. The van der Waals surface area contributed by atoms with Crippen LogP contribution in [0, 0.1) is 5.92 Å². The van der Waals surface area contributed by atoms with Crippen molar-refractivity contribution in [2.45, 2.75) is 20.3 Å². The van der Waals surface area contributed by atoms with Crippen molar-refractivity contribution >= 4 is 16.9 Å². The van der Waals surface area contributed by atoms with E-state index >= 15 is 0 Å². The monoisotopic (exact) mass is 219 g/mol. The molecule has 0 aliphatic carbocycles. The lowest BCUT2D eigenvalue weighted by Gasteiger charge is -2.00. The predicted molar refractivity (Wildman–Crippen MR) is 59.5 cm³/mol. The van der Waals surface area contributed by atoms with Crippen LogP contribution < -0.4 is 0 Å². The van der Waals surface area contributed by atoms with Gasteiger partial charge in [-0.2, -0.15) is 0 Å². The van der Waals surface area contributed by atoms with Gasteiger partial charge in [-0.3, -0.25) is 0 Å². The van der Waals surface area contributed by atoms with Gasteiger partial charge in [-0.05, 0) is 30.5 Å². The summed E-state index contributed by atoms with van der Waals surface area (Å²) in [7, 11) is 0. The molecule has 4 heteroatoms. The van der Waals surface area contributed by atoms with Crippen LogP contribution in [0.4, 0.5) is 0 Å². The number of benzene rings is 1. The molecule has 0 saturated carbocycles. The van der Waals surface area contributed by atoms with Gasteiger partial charge in [-0.25, -0.2) is 4.79 Å². The lowest BCUT2D eigenvalue weighted by Crippen LogP contribution is -1.97. The lowest BCUT2D eigenvalue weighted by atomic mass is 10.0. The highest BCUT2D eigenvalue weighted by Gasteiger charge is 2.12. The summed E-state index contributed by atoms with van der Waals surface area (Å²) >= 11 is 0. The molecule has 0 unspecified atom stereocenters. The average molecular weight is 219 g/mol. The fourth-order valence-electron chi connectivity index (χ4n) is 1.66. The van der Waals surface area contributed by atoms with Crippen LogP contribution in [0.2, 0.25) is 0 Å². The van der Waals surface area contributed by atoms with Crippen LogP contribution >= 0.6 is 0 Å². The molecular weight excluding hydrogens is 206 g/mol. The Morgan fingerprint density at radius 1 is 1.50 bits per heavy atom. The third kappa shape index (κ3) is 1.91. The molecule has 0 radical (unpaired) electrons. The molecule has 0 saturated heterocycles. The summed E-state index contributed by atoms with van der Waals surface area (Å²) in [6, 6.07) is 4.79. The summed E-state index contributed by atoms with van der Waals surface area (Å²) in [5.74, 6) is -0.472. The van der Waals surface area contributed by atoms with Crippen LogP contribution in [0.5, 0.6) is 0 Å². The van der Waals surface area contributed by atoms with Crippen molar-refractivity contribution in [3.63, 3.8) is 0 Å². The number of aromatic nitrogens is 1. The standard InChI is InChI=1S/C12H13NO3/c1-7(2)5-10-9-6-8(12(14)15)3-4-11(9)16-13-10/h3-4,6-7H,5H2,1-2H3,(H,14,15). The van der Waals surface area contributed by atoms with Crippen molar-refractivity contribution in [3.05, 3.63) is 29.5 Å². The first-order valence-corrected chi connectivity index (χ1v) is 5.19. The van der Waals surface area contributed by atoms with Gasteiger partial charge < -0.3 is 9.63 Å². The van der Waals surface area contributed by atoms with Crippen molar-refractivity contribution in [2.75, 3.05) is 0 Å². The number of rotatable bonds is 3. The number of hydrogen-bond acceptors (Lipinski definition) is 3. The van der Waals surface area contributed by atoms with E-state index in [2.05, 4.69) is 19.0 Å². The number of fused-ring (bicyclic) bond motifs is 1. The van der Waals surface area contributed by atoms with Crippen LogP contribution in [0.25, 0.3) is 11.0 Å². The van der Waals surface area contributed by atoms with Gasteiger partial charge in [-0.1, -0.05) is 19.0 Å². The van der Waals surface area contributed by atoms with Crippen LogP contribution in [0.3, 0.4) is 0 Å². The quantitative estimate of drug-likeness (QED) is 0.862. The Labute approximate surface area is 92.9 Å². The average Bonchev–Trinajstić information content (AvgIpc) is 2.60. The predicted octanol–water partition coefficient (Wildman–Crippen LogP) is 2.72. The minimum Gasteiger partial charge on any atom is -0.478 e. The molecule has 4 nitrogen and oxygen atoms in total. The molecule has 16 heavy (non-hydrogen) atoms. The SMILES string of the molecule is CC(C)Cc1noc2ccc(C(=O)O)cc12. The van der Waals surface area contributed by atoms with Crippen LogP contribution in [-0.4, -0.2) is 16.2 Å². The van der Waals surface area contributed by atoms with E-state index in [0.717, 1.165) is 17.5 Å². The zero-order valence-electron chi connectivity index (χ0n) is 9.23. The first-order chi connectivity index (χ1) is 7.58. The number of carboxylic acids is 1.